The van der Waals surface area contributed by atoms with E-state index in [1.807, 2.05) is 11.3 Å². The summed E-state index contributed by atoms with van der Waals surface area (Å²) in [5.74, 6) is 0.614. The van der Waals surface area contributed by atoms with Crippen LogP contribution in [-0.2, 0) is 6.42 Å². The summed E-state index contributed by atoms with van der Waals surface area (Å²) in [4.78, 5) is 5.70. The van der Waals surface area contributed by atoms with Gasteiger partial charge >= 0.3 is 0 Å². The predicted octanol–water partition coefficient (Wildman–Crippen LogP) is 3.09. The molecule has 0 aromatic carbocycles. The zero-order valence-electron chi connectivity index (χ0n) is 10.4. The summed E-state index contributed by atoms with van der Waals surface area (Å²) < 4.78 is 0. The van der Waals surface area contributed by atoms with E-state index in [0.717, 1.165) is 12.8 Å². The normalized spacial score (nSPS) is 17.5. The lowest BCUT2D eigenvalue weighted by atomic mass is 9.94. The number of nitrogen functional groups attached to an aromatic ring is 1. The van der Waals surface area contributed by atoms with Gasteiger partial charge in [-0.3, -0.25) is 0 Å². The fourth-order valence-electron chi connectivity index (χ4n) is 2.49. The van der Waals surface area contributed by atoms with E-state index in [9.17, 15) is 0 Å². The molecule has 5 heteroatoms. The molecule has 0 saturated heterocycles. The summed E-state index contributed by atoms with van der Waals surface area (Å²) in [6.45, 7) is 0. The molecule has 3 rings (SSSR count). The van der Waals surface area contributed by atoms with Gasteiger partial charge in [-0.2, -0.15) is 5.26 Å². The molecule has 1 atom stereocenters. The molecule has 3 N–H and O–H groups in total. The predicted molar refractivity (Wildman–Crippen MR) is 77.0 cm³/mol. The SMILES string of the molecule is N#Cc1ccnc(NC2CCCc3sccc32)c1N. The van der Waals surface area contributed by atoms with Crippen molar-refractivity contribution in [1.82, 2.24) is 4.98 Å². The summed E-state index contributed by atoms with van der Waals surface area (Å²) >= 11 is 1.81. The minimum Gasteiger partial charge on any atom is -0.395 e. The summed E-state index contributed by atoms with van der Waals surface area (Å²) in [6, 6.07) is 6.14. The van der Waals surface area contributed by atoms with Gasteiger partial charge in [0.15, 0.2) is 5.82 Å². The van der Waals surface area contributed by atoms with Gasteiger partial charge in [0.1, 0.15) is 6.07 Å². The van der Waals surface area contributed by atoms with Gasteiger partial charge < -0.3 is 11.1 Å². The third-order valence-electron chi connectivity index (χ3n) is 3.47. The maximum atomic E-state index is 8.99. The molecular formula is C14H14N4S. The van der Waals surface area contributed by atoms with Crippen molar-refractivity contribution in [1.29, 1.82) is 5.26 Å². The van der Waals surface area contributed by atoms with Gasteiger partial charge in [0.2, 0.25) is 0 Å². The van der Waals surface area contributed by atoms with Gasteiger partial charge in [-0.1, -0.05) is 0 Å². The van der Waals surface area contributed by atoms with Gasteiger partial charge in [-0.25, -0.2) is 4.98 Å². The molecule has 1 unspecified atom stereocenters. The van der Waals surface area contributed by atoms with E-state index in [-0.39, 0.29) is 6.04 Å². The Morgan fingerprint density at radius 1 is 1.47 bits per heavy atom. The molecule has 0 spiro atoms. The fourth-order valence-corrected chi connectivity index (χ4v) is 3.47. The van der Waals surface area contributed by atoms with E-state index >= 15 is 0 Å². The Hall–Kier alpha value is -2.06. The van der Waals surface area contributed by atoms with Crippen molar-refractivity contribution in [2.45, 2.75) is 25.3 Å². The number of anilines is 2. The van der Waals surface area contributed by atoms with Crippen LogP contribution in [0.5, 0.6) is 0 Å². The third-order valence-corrected chi connectivity index (χ3v) is 4.47. The van der Waals surface area contributed by atoms with Crippen LogP contribution < -0.4 is 11.1 Å². The number of nitrogens with two attached hydrogens (primary N) is 1. The van der Waals surface area contributed by atoms with Crippen LogP contribution in [0.25, 0.3) is 0 Å². The van der Waals surface area contributed by atoms with Crippen LogP contribution in [0.15, 0.2) is 23.7 Å². The second-order valence-corrected chi connectivity index (χ2v) is 5.62. The van der Waals surface area contributed by atoms with Crippen molar-refractivity contribution in [2.24, 2.45) is 0 Å². The number of thiophene rings is 1. The molecule has 0 radical (unpaired) electrons. The first-order chi connectivity index (χ1) is 9.29. The molecule has 1 aliphatic rings. The van der Waals surface area contributed by atoms with Crippen LogP contribution in [0.4, 0.5) is 11.5 Å². The Morgan fingerprint density at radius 3 is 3.21 bits per heavy atom. The molecule has 0 fully saturated rings. The van der Waals surface area contributed by atoms with E-state index < -0.39 is 0 Å². The van der Waals surface area contributed by atoms with Crippen molar-refractivity contribution in [3.63, 3.8) is 0 Å². The highest BCUT2D eigenvalue weighted by atomic mass is 32.1. The average molecular weight is 270 g/mol. The number of nitriles is 1. The Kier molecular flexibility index (Phi) is 3.10. The molecule has 0 aliphatic heterocycles. The second kappa shape index (κ2) is 4.90. The minimum atomic E-state index is 0.249. The van der Waals surface area contributed by atoms with Gasteiger partial charge in [0, 0.05) is 11.1 Å². The highest BCUT2D eigenvalue weighted by Gasteiger charge is 2.22. The van der Waals surface area contributed by atoms with E-state index in [1.165, 1.54) is 16.9 Å². The lowest BCUT2D eigenvalue weighted by Gasteiger charge is -2.24. The second-order valence-electron chi connectivity index (χ2n) is 4.62. The fraction of sp³-hybridized carbons (Fsp3) is 0.286. The van der Waals surface area contributed by atoms with E-state index in [2.05, 4.69) is 27.8 Å². The standard InChI is InChI=1S/C14H14N4S/c15-8-9-4-6-17-14(13(9)16)18-11-2-1-3-12-10(11)5-7-19-12/h4-7,11H,1-3,16H2,(H,17,18). The molecule has 2 aromatic rings. The molecule has 96 valence electrons. The molecule has 2 aromatic heterocycles. The summed E-state index contributed by atoms with van der Waals surface area (Å²) in [5, 5.41) is 14.5. The molecule has 19 heavy (non-hydrogen) atoms. The first-order valence-corrected chi connectivity index (χ1v) is 7.15. The highest BCUT2D eigenvalue weighted by molar-refractivity contribution is 7.10. The number of nitrogens with zero attached hydrogens (tertiary/aromatic N) is 2. The van der Waals surface area contributed by atoms with Gasteiger partial charge in [-0.05, 0) is 42.3 Å². The van der Waals surface area contributed by atoms with Crippen LogP contribution in [0.2, 0.25) is 0 Å². The number of hydrogen-bond donors (Lipinski definition) is 2. The Morgan fingerprint density at radius 2 is 2.37 bits per heavy atom. The van der Waals surface area contributed by atoms with Gasteiger partial charge in [-0.15, -0.1) is 11.3 Å². The first kappa shape index (κ1) is 12.0. The number of nitrogens with one attached hydrogen (secondary N) is 1. The zero-order valence-corrected chi connectivity index (χ0v) is 11.2. The number of fused-ring (bicyclic) bond motifs is 1. The quantitative estimate of drug-likeness (QED) is 0.879. The first-order valence-electron chi connectivity index (χ1n) is 6.27. The molecule has 0 bridgehead atoms. The monoisotopic (exact) mass is 270 g/mol. The largest absolute Gasteiger partial charge is 0.395 e. The molecule has 1 aliphatic carbocycles. The Labute approximate surface area is 115 Å². The van der Waals surface area contributed by atoms with Crippen molar-refractivity contribution in [3.8, 4) is 6.07 Å². The molecule has 0 amide bonds. The minimum absolute atomic E-state index is 0.249. The molecule has 0 saturated carbocycles. The molecular weight excluding hydrogens is 256 g/mol. The highest BCUT2D eigenvalue weighted by Crippen LogP contribution is 2.36. The lowest BCUT2D eigenvalue weighted by molar-refractivity contribution is 0.607. The number of aryl methyl sites for hydroxylation is 1. The zero-order chi connectivity index (χ0) is 13.2. The Bertz CT molecular complexity index is 641. The smallest absolute Gasteiger partial charge is 0.151 e. The van der Waals surface area contributed by atoms with Crippen LogP contribution in [0.1, 0.15) is 34.9 Å². The number of hydrogen-bond acceptors (Lipinski definition) is 5. The summed E-state index contributed by atoms with van der Waals surface area (Å²) in [7, 11) is 0. The maximum absolute atomic E-state index is 8.99. The number of rotatable bonds is 2. The van der Waals surface area contributed by atoms with Crippen molar-refractivity contribution >= 4 is 22.8 Å². The average Bonchev–Trinajstić information content (AvgIpc) is 2.90. The topological polar surface area (TPSA) is 74.7 Å². The third kappa shape index (κ3) is 2.15. The van der Waals surface area contributed by atoms with Crippen molar-refractivity contribution in [3.05, 3.63) is 39.7 Å². The van der Waals surface area contributed by atoms with E-state index in [0.29, 0.717) is 17.1 Å². The molecule has 4 nitrogen and oxygen atoms in total. The van der Waals surface area contributed by atoms with Gasteiger partial charge in [0.05, 0.1) is 17.3 Å². The molecule has 2 heterocycles. The van der Waals surface area contributed by atoms with E-state index in [1.54, 1.807) is 12.3 Å². The van der Waals surface area contributed by atoms with Crippen LogP contribution in [-0.4, -0.2) is 4.98 Å². The number of aromatic nitrogens is 1. The maximum Gasteiger partial charge on any atom is 0.151 e. The summed E-state index contributed by atoms with van der Waals surface area (Å²) in [5.41, 5.74) is 8.22. The van der Waals surface area contributed by atoms with Gasteiger partial charge in [0.25, 0.3) is 0 Å². The van der Waals surface area contributed by atoms with Crippen LogP contribution in [0, 0.1) is 11.3 Å². The van der Waals surface area contributed by atoms with Crippen molar-refractivity contribution < 1.29 is 0 Å². The van der Waals surface area contributed by atoms with Crippen molar-refractivity contribution in [2.75, 3.05) is 11.1 Å². The summed E-state index contributed by atoms with van der Waals surface area (Å²) in [6.07, 6.45) is 5.02. The Balaban J connectivity index is 1.90. The van der Waals surface area contributed by atoms with Crippen LogP contribution in [0.3, 0.4) is 0 Å². The van der Waals surface area contributed by atoms with Crippen LogP contribution >= 0.6 is 11.3 Å². The lowest BCUT2D eigenvalue weighted by Crippen LogP contribution is -2.17. The van der Waals surface area contributed by atoms with E-state index in [4.69, 9.17) is 11.0 Å². The number of pyridine rings is 1.